The molecule has 0 aliphatic heterocycles. The lowest BCUT2D eigenvalue weighted by molar-refractivity contribution is 0.669. The summed E-state index contributed by atoms with van der Waals surface area (Å²) in [5.74, 6) is 1.22. The molecule has 26 rings (SSSR count). The summed E-state index contributed by atoms with van der Waals surface area (Å²) < 4.78 is 18.4. The van der Waals surface area contributed by atoms with Gasteiger partial charge in [0.2, 0.25) is 11.9 Å². The van der Waals surface area contributed by atoms with E-state index >= 15 is 0 Å². The Bertz CT molecular complexity index is 8800. The molecule has 10 heteroatoms. The normalized spacial score (nSPS) is 12.3. The number of thiophene rings is 2. The molecule has 116 heavy (non-hydrogen) atoms. The zero-order valence-electron chi connectivity index (χ0n) is 61.9. The van der Waals surface area contributed by atoms with E-state index < -0.39 is 0 Å². The van der Waals surface area contributed by atoms with Crippen LogP contribution in [-0.2, 0) is 0 Å². The highest BCUT2D eigenvalue weighted by Crippen LogP contribution is 2.50. The van der Waals surface area contributed by atoms with Crippen molar-refractivity contribution in [3.8, 4) is 73.5 Å². The van der Waals surface area contributed by atoms with Gasteiger partial charge in [-0.25, -0.2) is 19.9 Å². The quantitative estimate of drug-likeness (QED) is 0.142. The fraction of sp³-hybridized carbons (Fsp3) is 0. The number of hydrogen-bond donors (Lipinski definition) is 0. The Morgan fingerprint density at radius 2 is 0.793 bits per heavy atom. The molecule has 8 aromatic heterocycles. The number of furan rings is 1. The SMILES string of the molecule is c1ccc(-c2cccc(-n3c4cc5sc6ccccc6c5cc4c4cc(-c5ccc6c(c5)c5ccccc5n6-c5nc(-c6ccccc6)c6ccc(-c7cccc8c7ccc7sc9cc%10c(cc9c78)c7ccccc7n%10-c7nc(-c8ccc9oc%10ccccc%10c9c8)c8ccc9ccccc9c8n7)cc6n5)c5ccccc5c43)c2)cc1. The average molecular weight is 1510 g/mol. The second-order valence-electron chi connectivity index (χ2n) is 30.7. The Morgan fingerprint density at radius 3 is 1.63 bits per heavy atom. The maximum absolute atomic E-state index is 6.35. The predicted molar refractivity (Wildman–Crippen MR) is 488 cm³/mol. The van der Waals surface area contributed by atoms with Gasteiger partial charge in [0.15, 0.2) is 0 Å². The molecule has 0 N–H and O–H groups in total. The number of benzene rings is 18. The Morgan fingerprint density at radius 1 is 0.233 bits per heavy atom. The van der Waals surface area contributed by atoms with E-state index in [1.807, 2.05) is 34.8 Å². The lowest BCUT2D eigenvalue weighted by Crippen LogP contribution is -2.03. The molecule has 0 unspecified atom stereocenters. The molecule has 8 heterocycles. The summed E-state index contributed by atoms with van der Waals surface area (Å²) in [6, 6.07) is 131. The first-order chi connectivity index (χ1) is 57.5. The summed E-state index contributed by atoms with van der Waals surface area (Å²) >= 11 is 3.70. The summed E-state index contributed by atoms with van der Waals surface area (Å²) in [4.78, 5) is 22.6. The molecule has 0 fully saturated rings. The van der Waals surface area contributed by atoms with Crippen LogP contribution in [0.5, 0.6) is 0 Å². The van der Waals surface area contributed by atoms with E-state index in [9.17, 15) is 0 Å². The molecule has 0 bridgehead atoms. The van der Waals surface area contributed by atoms with Crippen LogP contribution in [-0.4, -0.2) is 33.6 Å². The standard InChI is InChI=1S/C106H59N7OS2/c1-3-21-60(22-4-1)63-26-19-27-67(51-63)111-92-58-98-85(75-33-14-18-40-96(75)115-98)56-83(92)86-55-80(70-29-9-10-34-77(70)104(86)111)64-43-48-91-81(52-64)72-30-11-15-37-89(72)112(91)105-107-88-54-65(42-45-78(88)101(108-105)62-24-5-2-6-25-62)68-35-20-36-76-71(68)47-50-97-100(76)87-57-82-73-31-12-16-38-90(73)113(93(82)59-99(87)116-97)106-109-102(79-46-41-61-23-7-8-28-69(61)103(79)110-106)66-44-49-95-84(53-66)74-32-13-17-39-94(74)114-95/h1-59H. The number of nitrogens with zero attached hydrogens (tertiary/aromatic N) is 7. The highest BCUT2D eigenvalue weighted by atomic mass is 32.1. The van der Waals surface area contributed by atoms with Crippen LogP contribution in [0.4, 0.5) is 0 Å². The maximum atomic E-state index is 6.35. The van der Waals surface area contributed by atoms with Crippen molar-refractivity contribution in [1.82, 2.24) is 33.6 Å². The first kappa shape index (κ1) is 63.7. The van der Waals surface area contributed by atoms with E-state index in [0.29, 0.717) is 11.9 Å². The Balaban J connectivity index is 0.625. The molecule has 0 spiro atoms. The van der Waals surface area contributed by atoms with Crippen LogP contribution >= 0.6 is 22.7 Å². The van der Waals surface area contributed by atoms with Crippen molar-refractivity contribution in [2.75, 3.05) is 0 Å². The lowest BCUT2D eigenvalue weighted by Gasteiger charge is -2.14. The molecular weight excluding hydrogens is 1450 g/mol. The molecule has 0 aliphatic rings. The summed E-state index contributed by atoms with van der Waals surface area (Å²) in [5.41, 5.74) is 21.8. The molecular formula is C106H59N7OS2. The van der Waals surface area contributed by atoms with Gasteiger partial charge < -0.3 is 8.98 Å². The third-order valence-corrected chi connectivity index (χ3v) is 26.7. The van der Waals surface area contributed by atoms with Gasteiger partial charge in [-0.3, -0.25) is 9.13 Å². The van der Waals surface area contributed by atoms with Crippen molar-refractivity contribution in [2.45, 2.75) is 0 Å². The minimum Gasteiger partial charge on any atom is -0.456 e. The van der Waals surface area contributed by atoms with Gasteiger partial charge in [0, 0.05) is 122 Å². The summed E-state index contributed by atoms with van der Waals surface area (Å²) in [6.45, 7) is 0. The summed E-state index contributed by atoms with van der Waals surface area (Å²) in [6.07, 6.45) is 0. The molecule has 0 saturated heterocycles. The molecule has 0 atom stereocenters. The molecule has 26 aromatic rings. The van der Waals surface area contributed by atoms with Crippen LogP contribution in [0.15, 0.2) is 362 Å². The third kappa shape index (κ3) is 9.30. The minimum atomic E-state index is 0.606. The lowest BCUT2D eigenvalue weighted by atomic mass is 9.94. The number of aromatic nitrogens is 7. The van der Waals surface area contributed by atoms with Crippen molar-refractivity contribution >= 4 is 204 Å². The van der Waals surface area contributed by atoms with Gasteiger partial charge in [0.1, 0.15) is 11.2 Å². The Labute approximate surface area is 669 Å². The van der Waals surface area contributed by atoms with Gasteiger partial charge in [-0.1, -0.05) is 237 Å². The fourth-order valence-electron chi connectivity index (χ4n) is 19.2. The van der Waals surface area contributed by atoms with Crippen molar-refractivity contribution in [2.24, 2.45) is 0 Å². The van der Waals surface area contributed by atoms with Crippen LogP contribution in [0.2, 0.25) is 0 Å². The second-order valence-corrected chi connectivity index (χ2v) is 32.8. The molecule has 0 saturated carbocycles. The van der Waals surface area contributed by atoms with E-state index in [1.165, 1.54) is 100 Å². The fourth-order valence-corrected chi connectivity index (χ4v) is 21.5. The first-order valence-corrected chi connectivity index (χ1v) is 40.9. The van der Waals surface area contributed by atoms with Crippen molar-refractivity contribution in [1.29, 1.82) is 0 Å². The van der Waals surface area contributed by atoms with Gasteiger partial charge in [0.05, 0.1) is 55.5 Å². The van der Waals surface area contributed by atoms with Gasteiger partial charge in [0.25, 0.3) is 0 Å². The predicted octanol–water partition coefficient (Wildman–Crippen LogP) is 29.3. The molecule has 18 aromatic carbocycles. The third-order valence-electron chi connectivity index (χ3n) is 24.4. The number of hydrogen-bond acceptors (Lipinski definition) is 7. The monoisotopic (exact) mass is 1510 g/mol. The Hall–Kier alpha value is -14.9. The van der Waals surface area contributed by atoms with Gasteiger partial charge in [-0.2, -0.15) is 0 Å². The molecule has 0 radical (unpaired) electrons. The highest BCUT2D eigenvalue weighted by Gasteiger charge is 2.27. The Kier molecular flexibility index (Phi) is 13.3. The largest absolute Gasteiger partial charge is 0.456 e. The van der Waals surface area contributed by atoms with E-state index in [1.54, 1.807) is 0 Å². The number of fused-ring (bicyclic) bond motifs is 26. The highest BCUT2D eigenvalue weighted by molar-refractivity contribution is 7.26. The zero-order chi connectivity index (χ0) is 75.5. The maximum Gasteiger partial charge on any atom is 0.235 e. The van der Waals surface area contributed by atoms with Gasteiger partial charge in [-0.05, 0) is 176 Å². The number of para-hydroxylation sites is 3. The topological polar surface area (TPSA) is 79.5 Å². The summed E-state index contributed by atoms with van der Waals surface area (Å²) in [7, 11) is 0. The molecule has 536 valence electrons. The van der Waals surface area contributed by atoms with Crippen LogP contribution in [0, 0.1) is 0 Å². The van der Waals surface area contributed by atoms with E-state index in [2.05, 4.69) is 359 Å². The second kappa shape index (κ2) is 24.3. The van der Waals surface area contributed by atoms with Crippen LogP contribution in [0.3, 0.4) is 0 Å². The van der Waals surface area contributed by atoms with E-state index in [0.717, 1.165) is 143 Å². The number of rotatable bonds is 8. The minimum absolute atomic E-state index is 0.606. The van der Waals surface area contributed by atoms with E-state index in [-0.39, 0.29) is 0 Å². The zero-order valence-corrected chi connectivity index (χ0v) is 63.6. The van der Waals surface area contributed by atoms with Crippen LogP contribution < -0.4 is 0 Å². The molecule has 8 nitrogen and oxygen atoms in total. The van der Waals surface area contributed by atoms with Crippen LogP contribution in [0.25, 0.3) is 255 Å². The van der Waals surface area contributed by atoms with E-state index in [4.69, 9.17) is 24.4 Å². The molecule has 0 aliphatic carbocycles. The van der Waals surface area contributed by atoms with Crippen LogP contribution in [0.1, 0.15) is 0 Å². The molecule has 0 amide bonds. The van der Waals surface area contributed by atoms with Crippen molar-refractivity contribution in [3.63, 3.8) is 0 Å². The van der Waals surface area contributed by atoms with Gasteiger partial charge in [-0.15, -0.1) is 22.7 Å². The van der Waals surface area contributed by atoms with Crippen molar-refractivity contribution in [3.05, 3.63) is 358 Å². The summed E-state index contributed by atoms with van der Waals surface area (Å²) in [5, 5.41) is 23.0. The average Bonchev–Trinajstić information content (AvgIpc) is 1.55. The van der Waals surface area contributed by atoms with Crippen molar-refractivity contribution < 1.29 is 4.42 Å². The first-order valence-electron chi connectivity index (χ1n) is 39.3. The van der Waals surface area contributed by atoms with Gasteiger partial charge >= 0.3 is 0 Å². The smallest absolute Gasteiger partial charge is 0.235 e.